The molecule has 7 nitrogen and oxygen atoms in total. The second kappa shape index (κ2) is 9.24. The summed E-state index contributed by atoms with van der Waals surface area (Å²) in [5, 5.41) is 16.1. The first-order valence-corrected chi connectivity index (χ1v) is 10.2. The fourth-order valence-corrected chi connectivity index (χ4v) is 3.48. The average molecular weight is 414 g/mol. The smallest absolute Gasteiger partial charge is 0.277 e. The van der Waals surface area contributed by atoms with Gasteiger partial charge in [0.25, 0.3) is 5.69 Å². The average Bonchev–Trinajstić information content (AvgIpc) is 2.94. The molecule has 1 heterocycles. The molecule has 0 aliphatic heterocycles. The molecule has 0 aliphatic carbocycles. The van der Waals surface area contributed by atoms with E-state index in [1.54, 1.807) is 18.5 Å². The first kappa shape index (κ1) is 23.3. The van der Waals surface area contributed by atoms with Gasteiger partial charge in [-0.2, -0.15) is 5.10 Å². The van der Waals surface area contributed by atoms with Crippen LogP contribution in [0.4, 0.5) is 5.69 Å². The second-order valence-corrected chi connectivity index (χ2v) is 8.00. The molecular weight excluding hydrogens is 382 g/mol. The van der Waals surface area contributed by atoms with Gasteiger partial charge in [0.1, 0.15) is 5.56 Å². The van der Waals surface area contributed by atoms with Crippen molar-refractivity contribution in [3.8, 4) is 5.88 Å². The number of ketones is 1. The number of carbonyl (C=O) groups excluding carboxylic acids is 1. The van der Waals surface area contributed by atoms with Gasteiger partial charge >= 0.3 is 0 Å². The Bertz CT molecular complexity index is 1010. The molecule has 2 aromatic rings. The summed E-state index contributed by atoms with van der Waals surface area (Å²) in [5.74, 6) is 0.216. The van der Waals surface area contributed by atoms with Crippen molar-refractivity contribution in [3.63, 3.8) is 0 Å². The molecule has 0 radical (unpaired) electrons. The monoisotopic (exact) mass is 413 g/mol. The van der Waals surface area contributed by atoms with Gasteiger partial charge in [-0.05, 0) is 72.1 Å². The third-order valence-electron chi connectivity index (χ3n) is 5.10. The van der Waals surface area contributed by atoms with E-state index in [1.165, 1.54) is 12.1 Å². The molecule has 162 valence electrons. The van der Waals surface area contributed by atoms with Crippen LogP contribution in [0.25, 0.3) is 5.57 Å². The summed E-state index contributed by atoms with van der Waals surface area (Å²) in [5.41, 5.74) is 4.26. The maximum absolute atomic E-state index is 13.6. The Hall–Kier alpha value is -2.96. The fraction of sp³-hybridized carbons (Fsp3) is 0.478. The molecule has 7 heteroatoms. The Balaban J connectivity index is 2.75. The number of benzene rings is 1. The Morgan fingerprint density at radius 3 is 2.33 bits per heavy atom. The highest BCUT2D eigenvalue weighted by molar-refractivity contribution is 6.13. The quantitative estimate of drug-likeness (QED) is 0.317. The van der Waals surface area contributed by atoms with Crippen LogP contribution in [0.15, 0.2) is 17.7 Å². The van der Waals surface area contributed by atoms with Crippen LogP contribution in [0.1, 0.15) is 80.7 Å². The maximum Gasteiger partial charge on any atom is 0.277 e. The lowest BCUT2D eigenvalue weighted by atomic mass is 9.90. The van der Waals surface area contributed by atoms with Crippen LogP contribution in [0.2, 0.25) is 0 Å². The van der Waals surface area contributed by atoms with Gasteiger partial charge in [-0.25, -0.2) is 4.68 Å². The minimum atomic E-state index is -0.402. The Kier molecular flexibility index (Phi) is 7.18. The van der Waals surface area contributed by atoms with E-state index < -0.39 is 4.92 Å². The molecule has 30 heavy (non-hydrogen) atoms. The lowest BCUT2D eigenvalue weighted by Crippen LogP contribution is -2.15. The molecule has 0 amide bonds. The summed E-state index contributed by atoms with van der Waals surface area (Å²) in [6, 6.07) is 2.95. The summed E-state index contributed by atoms with van der Waals surface area (Å²) in [6.07, 6.45) is 0.730. The van der Waals surface area contributed by atoms with Crippen LogP contribution < -0.4 is 4.74 Å². The lowest BCUT2D eigenvalue weighted by molar-refractivity contribution is -0.385. The number of ether oxygens (including phenoxy) is 1. The largest absolute Gasteiger partial charge is 0.475 e. The molecule has 0 saturated heterocycles. The molecular formula is C23H31N3O4. The molecule has 0 spiro atoms. The van der Waals surface area contributed by atoms with Crippen molar-refractivity contribution in [1.29, 1.82) is 0 Å². The van der Waals surface area contributed by atoms with Crippen LogP contribution in [-0.2, 0) is 6.54 Å². The van der Waals surface area contributed by atoms with Crippen molar-refractivity contribution in [2.45, 2.75) is 74.5 Å². The standard InChI is InChI=1S/C23H31N3O4/c1-9-12-25-23(30-14(4)5)21(17(8)24-25)22(27)18-10-11-19(26(28)29)20(16(18)7)15(6)13(2)3/h10-11,14H,9,12H2,1-8H3. The van der Waals surface area contributed by atoms with E-state index in [4.69, 9.17) is 4.74 Å². The number of hydrogen-bond acceptors (Lipinski definition) is 5. The van der Waals surface area contributed by atoms with Gasteiger partial charge < -0.3 is 4.74 Å². The number of hydrogen-bond donors (Lipinski definition) is 0. The second-order valence-electron chi connectivity index (χ2n) is 8.00. The van der Waals surface area contributed by atoms with Gasteiger partial charge in [0.05, 0.1) is 22.3 Å². The Morgan fingerprint density at radius 2 is 1.83 bits per heavy atom. The van der Waals surface area contributed by atoms with Crippen molar-refractivity contribution < 1.29 is 14.5 Å². The van der Waals surface area contributed by atoms with Crippen LogP contribution >= 0.6 is 0 Å². The lowest BCUT2D eigenvalue weighted by Gasteiger charge is -2.15. The molecule has 1 aromatic heterocycles. The van der Waals surface area contributed by atoms with Gasteiger partial charge in [0.2, 0.25) is 11.7 Å². The van der Waals surface area contributed by atoms with Crippen molar-refractivity contribution >= 4 is 17.0 Å². The number of nitrogens with zero attached hydrogens (tertiary/aromatic N) is 3. The van der Waals surface area contributed by atoms with E-state index in [0.717, 1.165) is 17.6 Å². The van der Waals surface area contributed by atoms with E-state index in [-0.39, 0.29) is 17.6 Å². The number of aryl methyl sites for hydroxylation is 2. The Morgan fingerprint density at radius 1 is 1.20 bits per heavy atom. The third kappa shape index (κ3) is 4.45. The first-order valence-electron chi connectivity index (χ1n) is 10.2. The van der Waals surface area contributed by atoms with Crippen LogP contribution in [-0.4, -0.2) is 26.6 Å². The number of rotatable bonds is 8. The number of nitro benzene ring substituents is 1. The highest BCUT2D eigenvalue weighted by atomic mass is 16.6. The number of aromatic nitrogens is 2. The van der Waals surface area contributed by atoms with Gasteiger partial charge in [-0.15, -0.1) is 0 Å². The van der Waals surface area contributed by atoms with E-state index in [1.807, 2.05) is 41.5 Å². The molecule has 0 aliphatic rings. The number of allylic oxidation sites excluding steroid dienone is 2. The minimum Gasteiger partial charge on any atom is -0.475 e. The third-order valence-corrected chi connectivity index (χ3v) is 5.10. The zero-order chi connectivity index (χ0) is 22.7. The first-order chi connectivity index (χ1) is 14.0. The molecule has 0 bridgehead atoms. The van der Waals surface area contributed by atoms with Crippen LogP contribution in [0, 0.1) is 24.0 Å². The normalized spacial score (nSPS) is 11.0. The summed E-state index contributed by atoms with van der Waals surface area (Å²) >= 11 is 0. The van der Waals surface area contributed by atoms with Crippen molar-refractivity contribution in [2.24, 2.45) is 0 Å². The predicted octanol–water partition coefficient (Wildman–Crippen LogP) is 5.65. The Labute approximate surface area is 177 Å². The molecule has 0 unspecified atom stereocenters. The van der Waals surface area contributed by atoms with E-state index >= 15 is 0 Å². The predicted molar refractivity (Wildman–Crippen MR) is 118 cm³/mol. The van der Waals surface area contributed by atoms with E-state index in [2.05, 4.69) is 5.10 Å². The SMILES string of the molecule is CCCn1nc(C)c(C(=O)c2ccc([N+](=O)[O-])c(C(C)=C(C)C)c2C)c1OC(C)C. The zero-order valence-corrected chi connectivity index (χ0v) is 19.1. The summed E-state index contributed by atoms with van der Waals surface area (Å²) in [6.45, 7) is 15.7. The minimum absolute atomic E-state index is 0.000182. The number of carbonyl (C=O) groups is 1. The highest BCUT2D eigenvalue weighted by Crippen LogP contribution is 2.35. The summed E-state index contributed by atoms with van der Waals surface area (Å²) in [7, 11) is 0. The molecule has 0 atom stereocenters. The van der Waals surface area contributed by atoms with Crippen molar-refractivity contribution in [2.75, 3.05) is 0 Å². The van der Waals surface area contributed by atoms with Gasteiger partial charge in [0, 0.05) is 18.2 Å². The molecule has 0 N–H and O–H groups in total. The van der Waals surface area contributed by atoms with Gasteiger partial charge in [0.15, 0.2) is 0 Å². The van der Waals surface area contributed by atoms with Crippen molar-refractivity contribution in [3.05, 3.63) is 55.8 Å². The molecule has 0 saturated carbocycles. The topological polar surface area (TPSA) is 87.3 Å². The summed E-state index contributed by atoms with van der Waals surface area (Å²) < 4.78 is 7.70. The van der Waals surface area contributed by atoms with E-state index in [0.29, 0.717) is 40.4 Å². The van der Waals surface area contributed by atoms with Gasteiger partial charge in [-0.3, -0.25) is 14.9 Å². The van der Waals surface area contributed by atoms with Crippen LogP contribution in [0.3, 0.4) is 0 Å². The fourth-order valence-electron chi connectivity index (χ4n) is 3.48. The molecule has 2 rings (SSSR count). The van der Waals surface area contributed by atoms with Gasteiger partial charge in [-0.1, -0.05) is 12.5 Å². The zero-order valence-electron chi connectivity index (χ0n) is 19.1. The molecule has 0 fully saturated rings. The molecule has 1 aromatic carbocycles. The van der Waals surface area contributed by atoms with Crippen molar-refractivity contribution in [1.82, 2.24) is 9.78 Å². The summed E-state index contributed by atoms with van der Waals surface area (Å²) in [4.78, 5) is 24.8. The van der Waals surface area contributed by atoms with E-state index in [9.17, 15) is 14.9 Å². The number of nitro groups is 1. The maximum atomic E-state index is 13.6. The highest BCUT2D eigenvalue weighted by Gasteiger charge is 2.29. The van der Waals surface area contributed by atoms with Crippen LogP contribution in [0.5, 0.6) is 5.88 Å².